The van der Waals surface area contributed by atoms with E-state index in [2.05, 4.69) is 0 Å². The smallest absolute Gasteiger partial charge is 0.314 e. The summed E-state index contributed by atoms with van der Waals surface area (Å²) in [4.78, 5) is 11.1. The Morgan fingerprint density at radius 1 is 1.43 bits per heavy atom. The topological polar surface area (TPSA) is 57.5 Å². The zero-order chi connectivity index (χ0) is 10.2. The highest BCUT2D eigenvalue weighted by Gasteiger charge is 2.48. The van der Waals surface area contributed by atoms with E-state index in [0.717, 1.165) is 11.1 Å². The summed E-state index contributed by atoms with van der Waals surface area (Å²) in [5.74, 6) is -0.828. The largest absolute Gasteiger partial charge is 0.481 e. The van der Waals surface area contributed by atoms with Gasteiger partial charge in [-0.3, -0.25) is 4.79 Å². The number of aliphatic hydroxyl groups is 1. The molecule has 1 aliphatic rings. The zero-order valence-electron chi connectivity index (χ0n) is 7.73. The van der Waals surface area contributed by atoms with Gasteiger partial charge in [0.25, 0.3) is 0 Å². The van der Waals surface area contributed by atoms with Crippen LogP contribution in [0.15, 0.2) is 24.3 Å². The van der Waals surface area contributed by atoms with Crippen LogP contribution in [0.1, 0.15) is 17.5 Å². The van der Waals surface area contributed by atoms with Gasteiger partial charge < -0.3 is 10.2 Å². The Balaban J connectivity index is 2.40. The van der Waals surface area contributed by atoms with E-state index >= 15 is 0 Å². The minimum absolute atomic E-state index is 0.0827. The molecule has 14 heavy (non-hydrogen) atoms. The Morgan fingerprint density at radius 3 is 2.71 bits per heavy atom. The predicted octanol–water partition coefficient (Wildman–Crippen LogP) is 0.948. The summed E-state index contributed by atoms with van der Waals surface area (Å²) in [5, 5.41) is 18.0. The van der Waals surface area contributed by atoms with Gasteiger partial charge in [0.2, 0.25) is 0 Å². The van der Waals surface area contributed by atoms with Crippen molar-refractivity contribution in [3.63, 3.8) is 0 Å². The van der Waals surface area contributed by atoms with Crippen molar-refractivity contribution >= 4 is 5.97 Å². The number of rotatable bonds is 3. The fraction of sp³-hybridized carbons (Fsp3) is 0.364. The third-order valence-corrected chi connectivity index (χ3v) is 2.97. The fourth-order valence-electron chi connectivity index (χ4n) is 2.17. The highest BCUT2D eigenvalue weighted by atomic mass is 16.4. The van der Waals surface area contributed by atoms with Crippen molar-refractivity contribution in [1.82, 2.24) is 0 Å². The van der Waals surface area contributed by atoms with E-state index in [1.807, 2.05) is 24.3 Å². The van der Waals surface area contributed by atoms with Crippen LogP contribution in [0.2, 0.25) is 0 Å². The normalized spacial score (nSPS) is 23.8. The van der Waals surface area contributed by atoms with Crippen molar-refractivity contribution in [3.8, 4) is 0 Å². The summed E-state index contributed by atoms with van der Waals surface area (Å²) >= 11 is 0. The number of carboxylic acids is 1. The standard InChI is InChI=1S/C11H12O3/c12-6-5-11(10(13)14)7-8-3-1-2-4-9(8)11/h1-4,12H,5-7H2,(H,13,14). The lowest BCUT2D eigenvalue weighted by Crippen LogP contribution is -2.46. The third-order valence-electron chi connectivity index (χ3n) is 2.97. The van der Waals surface area contributed by atoms with Crippen molar-refractivity contribution in [2.24, 2.45) is 0 Å². The Kier molecular flexibility index (Phi) is 2.04. The van der Waals surface area contributed by atoms with Crippen LogP contribution in [0.25, 0.3) is 0 Å². The molecule has 2 rings (SSSR count). The molecule has 3 heteroatoms. The maximum atomic E-state index is 11.1. The van der Waals surface area contributed by atoms with Gasteiger partial charge in [0, 0.05) is 6.61 Å². The van der Waals surface area contributed by atoms with E-state index in [0.29, 0.717) is 12.8 Å². The van der Waals surface area contributed by atoms with Crippen LogP contribution in [0, 0.1) is 0 Å². The quantitative estimate of drug-likeness (QED) is 0.749. The van der Waals surface area contributed by atoms with Crippen LogP contribution in [0.4, 0.5) is 0 Å². The van der Waals surface area contributed by atoms with Gasteiger partial charge in [0.15, 0.2) is 0 Å². The molecule has 0 bridgehead atoms. The van der Waals surface area contributed by atoms with Crippen molar-refractivity contribution in [3.05, 3.63) is 35.4 Å². The molecular weight excluding hydrogens is 180 g/mol. The molecule has 1 aromatic carbocycles. The molecule has 0 aliphatic heterocycles. The molecule has 1 aliphatic carbocycles. The molecule has 0 aromatic heterocycles. The minimum atomic E-state index is -0.828. The van der Waals surface area contributed by atoms with Gasteiger partial charge in [0.05, 0.1) is 5.41 Å². The van der Waals surface area contributed by atoms with Gasteiger partial charge in [-0.2, -0.15) is 0 Å². The number of hydrogen-bond donors (Lipinski definition) is 2. The summed E-state index contributed by atoms with van der Waals surface area (Å²) in [6.07, 6.45) is 0.846. The van der Waals surface area contributed by atoms with Crippen molar-refractivity contribution in [1.29, 1.82) is 0 Å². The molecule has 74 valence electrons. The predicted molar refractivity (Wildman–Crippen MR) is 51.2 cm³/mol. The van der Waals surface area contributed by atoms with Crippen LogP contribution in [-0.2, 0) is 16.6 Å². The number of hydrogen-bond acceptors (Lipinski definition) is 2. The first kappa shape index (κ1) is 9.21. The van der Waals surface area contributed by atoms with Crippen LogP contribution < -0.4 is 0 Å². The lowest BCUT2D eigenvalue weighted by molar-refractivity contribution is -0.145. The summed E-state index contributed by atoms with van der Waals surface area (Å²) < 4.78 is 0. The summed E-state index contributed by atoms with van der Waals surface area (Å²) in [6.45, 7) is -0.0827. The molecule has 2 N–H and O–H groups in total. The molecular formula is C11H12O3. The van der Waals surface area contributed by atoms with Gasteiger partial charge in [-0.25, -0.2) is 0 Å². The summed E-state index contributed by atoms with van der Waals surface area (Å²) in [6, 6.07) is 7.52. The molecule has 0 saturated heterocycles. The summed E-state index contributed by atoms with van der Waals surface area (Å²) in [7, 11) is 0. The fourth-order valence-corrected chi connectivity index (χ4v) is 2.17. The Morgan fingerprint density at radius 2 is 2.14 bits per heavy atom. The second kappa shape index (κ2) is 3.10. The van der Waals surface area contributed by atoms with Gasteiger partial charge in [-0.15, -0.1) is 0 Å². The number of carboxylic acid groups (broad SMARTS) is 1. The average Bonchev–Trinajstić information content (AvgIpc) is 2.13. The van der Waals surface area contributed by atoms with E-state index in [-0.39, 0.29) is 6.61 Å². The highest BCUT2D eigenvalue weighted by Crippen LogP contribution is 2.43. The van der Waals surface area contributed by atoms with E-state index in [9.17, 15) is 4.79 Å². The van der Waals surface area contributed by atoms with Crippen molar-refractivity contribution in [2.75, 3.05) is 6.61 Å². The molecule has 0 heterocycles. The lowest BCUT2D eigenvalue weighted by atomic mass is 9.62. The highest BCUT2D eigenvalue weighted by molar-refractivity contribution is 5.85. The molecule has 3 nitrogen and oxygen atoms in total. The molecule has 0 fully saturated rings. The van der Waals surface area contributed by atoms with Gasteiger partial charge >= 0.3 is 5.97 Å². The SMILES string of the molecule is O=C(O)C1(CCO)Cc2ccccc21. The molecule has 1 aromatic rings. The minimum Gasteiger partial charge on any atom is -0.481 e. The van der Waals surface area contributed by atoms with Gasteiger partial charge in [-0.1, -0.05) is 24.3 Å². The number of fused-ring (bicyclic) bond motifs is 1. The second-order valence-electron chi connectivity index (χ2n) is 3.69. The van der Waals surface area contributed by atoms with E-state index in [1.54, 1.807) is 0 Å². The Hall–Kier alpha value is -1.35. The first-order valence-corrected chi connectivity index (χ1v) is 4.63. The second-order valence-corrected chi connectivity index (χ2v) is 3.69. The molecule has 0 amide bonds. The van der Waals surface area contributed by atoms with Crippen LogP contribution in [0.3, 0.4) is 0 Å². The average molecular weight is 192 g/mol. The first-order valence-electron chi connectivity index (χ1n) is 4.63. The maximum absolute atomic E-state index is 11.1. The monoisotopic (exact) mass is 192 g/mol. The van der Waals surface area contributed by atoms with E-state index in [1.165, 1.54) is 0 Å². The Bertz CT molecular complexity index is 373. The van der Waals surface area contributed by atoms with Gasteiger partial charge in [0.1, 0.15) is 0 Å². The van der Waals surface area contributed by atoms with E-state index in [4.69, 9.17) is 10.2 Å². The van der Waals surface area contributed by atoms with Crippen molar-refractivity contribution < 1.29 is 15.0 Å². The molecule has 0 saturated carbocycles. The van der Waals surface area contributed by atoms with Crippen molar-refractivity contribution in [2.45, 2.75) is 18.3 Å². The number of aliphatic hydroxyl groups excluding tert-OH is 1. The van der Waals surface area contributed by atoms with E-state index < -0.39 is 11.4 Å². The van der Waals surface area contributed by atoms with Crippen LogP contribution >= 0.6 is 0 Å². The van der Waals surface area contributed by atoms with Crippen LogP contribution in [0.5, 0.6) is 0 Å². The third kappa shape index (κ3) is 1.06. The van der Waals surface area contributed by atoms with Gasteiger partial charge in [-0.05, 0) is 24.0 Å². The number of aliphatic carboxylic acids is 1. The molecule has 0 radical (unpaired) electrons. The Labute approximate surface area is 82.0 Å². The summed E-state index contributed by atoms with van der Waals surface area (Å²) in [5.41, 5.74) is 1.12. The van der Waals surface area contributed by atoms with Crippen LogP contribution in [-0.4, -0.2) is 22.8 Å². The zero-order valence-corrected chi connectivity index (χ0v) is 7.73. The first-order chi connectivity index (χ1) is 6.70. The number of carbonyl (C=O) groups is 1. The lowest BCUT2D eigenvalue weighted by Gasteiger charge is -2.40. The molecule has 1 unspecified atom stereocenters. The molecule has 1 atom stereocenters. The molecule has 0 spiro atoms. The number of benzene rings is 1. The maximum Gasteiger partial charge on any atom is 0.314 e.